The second kappa shape index (κ2) is 2.83. The highest BCUT2D eigenvalue weighted by Gasteiger charge is 1.99. The molecule has 1 rings (SSSR count). The lowest BCUT2D eigenvalue weighted by Crippen LogP contribution is -1.68. The SMILES string of the molecule is Cc1scc(I)c1I. The second-order valence-corrected chi connectivity index (χ2v) is 4.78. The van der Waals surface area contributed by atoms with E-state index in [9.17, 15) is 0 Å². The van der Waals surface area contributed by atoms with Gasteiger partial charge in [0.05, 0.1) is 0 Å². The van der Waals surface area contributed by atoms with Gasteiger partial charge in [0.1, 0.15) is 0 Å². The van der Waals surface area contributed by atoms with Gasteiger partial charge in [0.2, 0.25) is 0 Å². The fraction of sp³-hybridized carbons (Fsp3) is 0.200. The molecule has 0 aliphatic rings. The first-order valence-corrected chi connectivity index (χ1v) is 5.14. The van der Waals surface area contributed by atoms with Crippen molar-refractivity contribution in [3.63, 3.8) is 0 Å². The lowest BCUT2D eigenvalue weighted by atomic mass is 10.5. The van der Waals surface area contributed by atoms with Crippen LogP contribution < -0.4 is 0 Å². The second-order valence-electron chi connectivity index (χ2n) is 1.45. The molecule has 0 saturated carbocycles. The number of aryl methyl sites for hydroxylation is 1. The Morgan fingerprint density at radius 3 is 2.25 bits per heavy atom. The molecule has 3 heteroatoms. The molecule has 0 unspecified atom stereocenters. The molecule has 0 radical (unpaired) electrons. The van der Waals surface area contributed by atoms with Crippen molar-refractivity contribution in [1.82, 2.24) is 0 Å². The van der Waals surface area contributed by atoms with Crippen LogP contribution in [-0.4, -0.2) is 0 Å². The third kappa shape index (κ3) is 1.36. The molecule has 0 atom stereocenters. The molecule has 1 aromatic rings. The maximum Gasteiger partial charge on any atom is 0.0400 e. The number of halogens is 2. The molecule has 0 saturated heterocycles. The summed E-state index contributed by atoms with van der Waals surface area (Å²) in [5.74, 6) is 0. The molecule has 0 aromatic carbocycles. The smallest absolute Gasteiger partial charge is 0.0400 e. The minimum Gasteiger partial charge on any atom is -0.147 e. The van der Waals surface area contributed by atoms with Crippen LogP contribution in [0.15, 0.2) is 5.38 Å². The van der Waals surface area contributed by atoms with E-state index in [0.717, 1.165) is 0 Å². The number of rotatable bonds is 0. The Bertz CT molecular complexity index is 173. The largest absolute Gasteiger partial charge is 0.147 e. The zero-order valence-corrected chi connectivity index (χ0v) is 9.37. The van der Waals surface area contributed by atoms with Crippen LogP contribution in [0, 0.1) is 14.1 Å². The van der Waals surface area contributed by atoms with Gasteiger partial charge in [-0.3, -0.25) is 0 Å². The number of hydrogen-bond acceptors (Lipinski definition) is 1. The van der Waals surface area contributed by atoms with Crippen molar-refractivity contribution in [2.45, 2.75) is 6.92 Å². The van der Waals surface area contributed by atoms with Gasteiger partial charge in [-0.25, -0.2) is 0 Å². The number of hydrogen-bond donors (Lipinski definition) is 0. The molecule has 0 N–H and O–H groups in total. The maximum absolute atomic E-state index is 2.37. The van der Waals surface area contributed by atoms with Crippen LogP contribution in [0.5, 0.6) is 0 Å². The van der Waals surface area contributed by atoms with Crippen molar-refractivity contribution in [2.24, 2.45) is 0 Å². The Balaban J connectivity index is 3.19. The van der Waals surface area contributed by atoms with Crippen LogP contribution in [0.2, 0.25) is 0 Å². The van der Waals surface area contributed by atoms with Gasteiger partial charge in [0.25, 0.3) is 0 Å². The van der Waals surface area contributed by atoms with E-state index in [0.29, 0.717) is 0 Å². The first kappa shape index (κ1) is 7.27. The normalized spacial score (nSPS) is 9.88. The summed E-state index contributed by atoms with van der Waals surface area (Å²) >= 11 is 6.53. The summed E-state index contributed by atoms with van der Waals surface area (Å²) < 4.78 is 2.79. The fourth-order valence-corrected chi connectivity index (χ4v) is 2.74. The highest BCUT2D eigenvalue weighted by molar-refractivity contribution is 14.1. The van der Waals surface area contributed by atoms with Gasteiger partial charge in [-0.1, -0.05) is 0 Å². The molecule has 0 aliphatic heterocycles. The molecule has 0 nitrogen and oxygen atoms in total. The summed E-state index contributed by atoms with van der Waals surface area (Å²) in [7, 11) is 0. The molecular formula is C5H4I2S. The molecule has 0 amide bonds. The quantitative estimate of drug-likeness (QED) is 0.631. The van der Waals surface area contributed by atoms with E-state index in [1.807, 2.05) is 11.3 Å². The van der Waals surface area contributed by atoms with Gasteiger partial charge in [-0.15, -0.1) is 11.3 Å². The Labute approximate surface area is 80.0 Å². The van der Waals surface area contributed by atoms with E-state index in [-0.39, 0.29) is 0 Å². The molecular weight excluding hydrogens is 346 g/mol. The fourth-order valence-electron chi connectivity index (χ4n) is 0.412. The maximum atomic E-state index is 2.37. The Morgan fingerprint density at radius 1 is 1.50 bits per heavy atom. The zero-order valence-electron chi connectivity index (χ0n) is 4.24. The third-order valence-corrected chi connectivity index (χ3v) is 5.83. The first-order valence-electron chi connectivity index (χ1n) is 2.11. The summed E-state index contributed by atoms with van der Waals surface area (Å²) in [4.78, 5) is 1.43. The van der Waals surface area contributed by atoms with Crippen molar-refractivity contribution in [3.05, 3.63) is 17.4 Å². The van der Waals surface area contributed by atoms with E-state index in [2.05, 4.69) is 57.5 Å². The van der Waals surface area contributed by atoms with Gasteiger partial charge in [-0.05, 0) is 52.1 Å². The van der Waals surface area contributed by atoms with E-state index in [1.165, 1.54) is 12.0 Å². The van der Waals surface area contributed by atoms with Crippen molar-refractivity contribution in [3.8, 4) is 0 Å². The molecule has 0 aliphatic carbocycles. The van der Waals surface area contributed by atoms with Crippen LogP contribution >= 0.6 is 56.5 Å². The van der Waals surface area contributed by atoms with Crippen molar-refractivity contribution < 1.29 is 0 Å². The topological polar surface area (TPSA) is 0 Å². The van der Waals surface area contributed by atoms with Gasteiger partial charge >= 0.3 is 0 Å². The first-order chi connectivity index (χ1) is 3.72. The molecule has 0 fully saturated rings. The zero-order chi connectivity index (χ0) is 6.15. The Kier molecular flexibility index (Phi) is 2.57. The molecule has 1 aromatic heterocycles. The summed E-state index contributed by atoms with van der Waals surface area (Å²) in [5, 5.41) is 2.18. The Morgan fingerprint density at radius 2 is 2.12 bits per heavy atom. The predicted molar refractivity (Wildman–Crippen MR) is 54.5 cm³/mol. The lowest BCUT2D eigenvalue weighted by molar-refractivity contribution is 1.56. The highest BCUT2D eigenvalue weighted by Crippen LogP contribution is 2.24. The molecule has 0 bridgehead atoms. The summed E-state index contributed by atoms with van der Waals surface area (Å²) in [5.41, 5.74) is 0. The van der Waals surface area contributed by atoms with Crippen molar-refractivity contribution in [2.75, 3.05) is 0 Å². The van der Waals surface area contributed by atoms with E-state index in [4.69, 9.17) is 0 Å². The molecule has 44 valence electrons. The van der Waals surface area contributed by atoms with Crippen LogP contribution in [0.1, 0.15) is 4.88 Å². The lowest BCUT2D eigenvalue weighted by Gasteiger charge is -1.82. The molecule has 1 heterocycles. The average molecular weight is 350 g/mol. The Hall–Kier alpha value is 1.16. The van der Waals surface area contributed by atoms with Gasteiger partial charge in [0.15, 0.2) is 0 Å². The van der Waals surface area contributed by atoms with E-state index < -0.39 is 0 Å². The predicted octanol–water partition coefficient (Wildman–Crippen LogP) is 3.27. The minimum atomic E-state index is 1.38. The third-order valence-electron chi connectivity index (χ3n) is 0.858. The molecule has 8 heavy (non-hydrogen) atoms. The summed E-state index contributed by atoms with van der Waals surface area (Å²) in [6.07, 6.45) is 0. The number of thiophene rings is 1. The summed E-state index contributed by atoms with van der Waals surface area (Å²) in [6.45, 7) is 2.15. The standard InChI is InChI=1S/C5H4I2S/c1-3-5(7)4(6)2-8-3/h2H,1H3. The average Bonchev–Trinajstić information content (AvgIpc) is 1.98. The van der Waals surface area contributed by atoms with Gasteiger partial charge < -0.3 is 0 Å². The minimum absolute atomic E-state index is 1.38. The van der Waals surface area contributed by atoms with Gasteiger partial charge in [-0.2, -0.15) is 0 Å². The van der Waals surface area contributed by atoms with Crippen molar-refractivity contribution >= 4 is 56.5 Å². The molecule has 0 spiro atoms. The highest BCUT2D eigenvalue weighted by atomic mass is 127. The summed E-state index contributed by atoms with van der Waals surface area (Å²) in [6, 6.07) is 0. The van der Waals surface area contributed by atoms with Gasteiger partial charge in [0, 0.05) is 17.4 Å². The van der Waals surface area contributed by atoms with Crippen molar-refractivity contribution in [1.29, 1.82) is 0 Å². The van der Waals surface area contributed by atoms with Crippen LogP contribution in [0.25, 0.3) is 0 Å². The van der Waals surface area contributed by atoms with Crippen LogP contribution in [-0.2, 0) is 0 Å². The van der Waals surface area contributed by atoms with E-state index in [1.54, 1.807) is 0 Å². The monoisotopic (exact) mass is 350 g/mol. The van der Waals surface area contributed by atoms with E-state index >= 15 is 0 Å². The van der Waals surface area contributed by atoms with Crippen LogP contribution in [0.3, 0.4) is 0 Å². The van der Waals surface area contributed by atoms with Crippen LogP contribution in [0.4, 0.5) is 0 Å².